The maximum absolute atomic E-state index is 13.5. The minimum Gasteiger partial charge on any atom is -0.487 e. The van der Waals surface area contributed by atoms with Crippen molar-refractivity contribution in [1.82, 2.24) is 15.3 Å². The van der Waals surface area contributed by atoms with E-state index in [1.807, 2.05) is 24.3 Å². The van der Waals surface area contributed by atoms with Gasteiger partial charge in [0.1, 0.15) is 36.9 Å². The minimum absolute atomic E-state index is 0.203. The molecule has 2 N–H and O–H groups in total. The fraction of sp³-hybridized carbons (Fsp3) is 0.303. The van der Waals surface area contributed by atoms with Gasteiger partial charge in [0.15, 0.2) is 5.71 Å². The maximum Gasteiger partial charge on any atom is 0.159 e. The van der Waals surface area contributed by atoms with Crippen molar-refractivity contribution in [3.63, 3.8) is 0 Å². The number of benzene rings is 3. The molecule has 0 saturated heterocycles. The Hall–Kier alpha value is -4.19. The third-order valence-corrected chi connectivity index (χ3v) is 7.31. The lowest BCUT2D eigenvalue weighted by Crippen LogP contribution is -2.33. The summed E-state index contributed by atoms with van der Waals surface area (Å²) in [6.07, 6.45) is 7.88. The van der Waals surface area contributed by atoms with Crippen molar-refractivity contribution in [3.8, 4) is 17.6 Å². The Bertz CT molecular complexity index is 1610. The lowest BCUT2D eigenvalue weighted by molar-refractivity contribution is 0.142. The third-order valence-electron chi connectivity index (χ3n) is 7.02. The first kappa shape index (κ1) is 29.3. The lowest BCUT2D eigenvalue weighted by Gasteiger charge is -2.22. The Labute approximate surface area is 250 Å². The summed E-state index contributed by atoms with van der Waals surface area (Å²) in [5.41, 5.74) is 3.54. The summed E-state index contributed by atoms with van der Waals surface area (Å²) in [4.78, 5) is 14.5. The Morgan fingerprint density at radius 3 is 2.76 bits per heavy atom. The predicted octanol–water partition coefficient (Wildman–Crippen LogP) is 7.41. The minimum atomic E-state index is -0.309. The Kier molecular flexibility index (Phi) is 10.2. The van der Waals surface area contributed by atoms with Crippen LogP contribution in [0.15, 0.2) is 72.1 Å². The number of aromatic nitrogens is 2. The standard InChI is InChI=1S/C33H33ClFN5O2/c1-2-7-30(40-42-17-16-36-26-10-4-3-5-11-26)24-12-14-31-28(19-24)33(38-22-37-31)39-27-13-15-32(29(34)20-27)41-21-23-8-6-9-25(35)18-23/h6,8-9,12-15,18-20,22,26,36H,3-5,10-11,16-17,21H2,1H3,(H,37,38,39)/b40-30+. The number of nitrogens with one attached hydrogen (secondary N) is 2. The van der Waals surface area contributed by atoms with E-state index >= 15 is 0 Å². The highest BCUT2D eigenvalue weighted by atomic mass is 35.5. The summed E-state index contributed by atoms with van der Waals surface area (Å²) in [6, 6.07) is 18.0. The van der Waals surface area contributed by atoms with Crippen LogP contribution < -0.4 is 15.4 Å². The van der Waals surface area contributed by atoms with E-state index in [9.17, 15) is 4.39 Å². The van der Waals surface area contributed by atoms with E-state index in [2.05, 4.69) is 37.6 Å². The number of fused-ring (bicyclic) bond motifs is 1. The number of hydrogen-bond donors (Lipinski definition) is 2. The summed E-state index contributed by atoms with van der Waals surface area (Å²) < 4.78 is 19.3. The highest BCUT2D eigenvalue weighted by molar-refractivity contribution is 6.32. The number of nitrogens with zero attached hydrogens (tertiary/aromatic N) is 3. The normalized spacial score (nSPS) is 13.8. The molecule has 1 saturated carbocycles. The monoisotopic (exact) mass is 585 g/mol. The molecule has 0 radical (unpaired) electrons. The second-order valence-corrected chi connectivity index (χ2v) is 10.5. The average Bonchev–Trinajstić information content (AvgIpc) is 3.00. The van der Waals surface area contributed by atoms with Crippen molar-refractivity contribution in [1.29, 1.82) is 0 Å². The highest BCUT2D eigenvalue weighted by Gasteiger charge is 2.13. The molecule has 7 nitrogen and oxygen atoms in total. The number of ether oxygens (including phenoxy) is 1. The molecule has 4 aromatic rings. The van der Waals surface area contributed by atoms with Crippen LogP contribution in [0.3, 0.4) is 0 Å². The number of rotatable bonds is 11. The molecule has 0 amide bonds. The second-order valence-electron chi connectivity index (χ2n) is 10.1. The molecule has 0 atom stereocenters. The fourth-order valence-corrected chi connectivity index (χ4v) is 5.15. The van der Waals surface area contributed by atoms with Crippen molar-refractivity contribution in [3.05, 3.63) is 89.0 Å². The van der Waals surface area contributed by atoms with Crippen molar-refractivity contribution < 1.29 is 14.0 Å². The summed E-state index contributed by atoms with van der Waals surface area (Å²) in [7, 11) is 0. The molecule has 216 valence electrons. The number of anilines is 2. The zero-order chi connectivity index (χ0) is 29.1. The Morgan fingerprint density at radius 1 is 1.07 bits per heavy atom. The van der Waals surface area contributed by atoms with Gasteiger partial charge in [-0.2, -0.15) is 0 Å². The van der Waals surface area contributed by atoms with E-state index in [-0.39, 0.29) is 12.4 Å². The highest BCUT2D eigenvalue weighted by Crippen LogP contribution is 2.31. The molecule has 1 fully saturated rings. The largest absolute Gasteiger partial charge is 0.487 e. The summed E-state index contributed by atoms with van der Waals surface area (Å²) in [5.74, 6) is 6.77. The van der Waals surface area contributed by atoms with Gasteiger partial charge in [-0.1, -0.05) is 54.1 Å². The van der Waals surface area contributed by atoms with Gasteiger partial charge in [-0.05, 0) is 79.8 Å². The Balaban J connectivity index is 1.27. The zero-order valence-electron chi connectivity index (χ0n) is 23.5. The molecular formula is C33H33ClFN5O2. The molecule has 0 unspecified atom stereocenters. The first-order valence-corrected chi connectivity index (χ1v) is 14.5. The van der Waals surface area contributed by atoms with Gasteiger partial charge in [-0.25, -0.2) is 14.4 Å². The maximum atomic E-state index is 13.5. The van der Waals surface area contributed by atoms with Crippen molar-refractivity contribution in [2.45, 2.75) is 51.7 Å². The van der Waals surface area contributed by atoms with Crippen LogP contribution in [0.5, 0.6) is 5.75 Å². The van der Waals surface area contributed by atoms with Gasteiger partial charge in [0.25, 0.3) is 0 Å². The topological polar surface area (TPSA) is 80.7 Å². The average molecular weight is 586 g/mol. The van der Waals surface area contributed by atoms with E-state index in [1.165, 1.54) is 50.6 Å². The zero-order valence-corrected chi connectivity index (χ0v) is 24.3. The van der Waals surface area contributed by atoms with Gasteiger partial charge in [-0.3, -0.25) is 0 Å². The number of halogens is 2. The van der Waals surface area contributed by atoms with Crippen molar-refractivity contribution >= 4 is 39.7 Å². The van der Waals surface area contributed by atoms with Gasteiger partial charge in [0.2, 0.25) is 0 Å². The van der Waals surface area contributed by atoms with Gasteiger partial charge in [0, 0.05) is 29.2 Å². The second kappa shape index (κ2) is 14.6. The smallest absolute Gasteiger partial charge is 0.159 e. The van der Waals surface area contributed by atoms with Gasteiger partial charge in [0.05, 0.1) is 10.5 Å². The van der Waals surface area contributed by atoms with Crippen molar-refractivity contribution in [2.24, 2.45) is 5.16 Å². The molecular weight excluding hydrogens is 553 g/mol. The van der Waals surface area contributed by atoms with Crippen LogP contribution in [0.4, 0.5) is 15.9 Å². The summed E-state index contributed by atoms with van der Waals surface area (Å²) in [5, 5.41) is 12.4. The SMILES string of the molecule is CC#C/C(=N\OCCNC1CCCCC1)c1ccc2ncnc(Nc3ccc(OCc4cccc(F)c4)c(Cl)c3)c2c1. The van der Waals surface area contributed by atoms with Crippen LogP contribution in [-0.2, 0) is 11.4 Å². The summed E-state index contributed by atoms with van der Waals surface area (Å²) >= 11 is 6.51. The van der Waals surface area contributed by atoms with E-state index < -0.39 is 0 Å². The van der Waals surface area contributed by atoms with Gasteiger partial charge < -0.3 is 20.2 Å². The first-order valence-electron chi connectivity index (χ1n) is 14.1. The molecule has 0 bridgehead atoms. The first-order chi connectivity index (χ1) is 20.6. The molecule has 1 aliphatic carbocycles. The van der Waals surface area contributed by atoms with E-state index in [0.29, 0.717) is 40.5 Å². The van der Waals surface area contributed by atoms with Crippen LogP contribution in [0.1, 0.15) is 50.2 Å². The Morgan fingerprint density at radius 2 is 1.95 bits per heavy atom. The van der Waals surface area contributed by atoms with Crippen LogP contribution in [0.2, 0.25) is 5.02 Å². The molecule has 1 heterocycles. The van der Waals surface area contributed by atoms with E-state index in [0.717, 1.165) is 28.7 Å². The van der Waals surface area contributed by atoms with Crippen LogP contribution >= 0.6 is 11.6 Å². The number of hydrogen-bond acceptors (Lipinski definition) is 7. The molecule has 0 spiro atoms. The van der Waals surface area contributed by atoms with Crippen LogP contribution in [-0.4, -0.2) is 34.9 Å². The molecule has 9 heteroatoms. The molecule has 42 heavy (non-hydrogen) atoms. The molecule has 1 aliphatic rings. The molecule has 3 aromatic carbocycles. The third kappa shape index (κ3) is 7.96. The van der Waals surface area contributed by atoms with E-state index in [1.54, 1.807) is 31.2 Å². The quantitative estimate of drug-likeness (QED) is 0.0825. The van der Waals surface area contributed by atoms with Gasteiger partial charge in [-0.15, -0.1) is 0 Å². The van der Waals surface area contributed by atoms with E-state index in [4.69, 9.17) is 21.2 Å². The number of oxime groups is 1. The predicted molar refractivity (Wildman–Crippen MR) is 166 cm³/mol. The summed E-state index contributed by atoms with van der Waals surface area (Å²) in [6.45, 7) is 3.19. The molecule has 5 rings (SSSR count). The van der Waals surface area contributed by atoms with Crippen molar-refractivity contribution in [2.75, 3.05) is 18.5 Å². The van der Waals surface area contributed by atoms with Crippen LogP contribution in [0, 0.1) is 17.7 Å². The molecule has 1 aromatic heterocycles. The van der Waals surface area contributed by atoms with Crippen LogP contribution in [0.25, 0.3) is 10.9 Å². The van der Waals surface area contributed by atoms with Gasteiger partial charge >= 0.3 is 0 Å². The lowest BCUT2D eigenvalue weighted by atomic mass is 9.96. The molecule has 0 aliphatic heterocycles. The fourth-order valence-electron chi connectivity index (χ4n) is 4.92.